The van der Waals surface area contributed by atoms with E-state index in [1.54, 1.807) is 0 Å². The Labute approximate surface area is 154 Å². The number of nitrogens with zero attached hydrogens (tertiary/aromatic N) is 2. The number of fused-ring (bicyclic) bond motifs is 1. The summed E-state index contributed by atoms with van der Waals surface area (Å²) in [5, 5.41) is 8.83. The van der Waals surface area contributed by atoms with Crippen LogP contribution in [0.1, 0.15) is 44.2 Å². The van der Waals surface area contributed by atoms with Crippen molar-refractivity contribution >= 4 is 16.9 Å². The zero-order chi connectivity index (χ0) is 19.4. The number of rotatable bonds is 7. The highest BCUT2D eigenvalue weighted by atomic mass is 16.2. The molecule has 0 bridgehead atoms. The quantitative estimate of drug-likeness (QED) is 0.495. The van der Waals surface area contributed by atoms with E-state index in [0.717, 1.165) is 17.5 Å². The molecular weight excluding hydrogens is 348 g/mol. The Morgan fingerprint density at radius 3 is 2.67 bits per heavy atom. The molecule has 0 saturated heterocycles. The largest absolute Gasteiger partial charge is 0.346 e. The van der Waals surface area contributed by atoms with Gasteiger partial charge in [0.15, 0.2) is 0 Å². The summed E-state index contributed by atoms with van der Waals surface area (Å²) in [5.41, 5.74) is 0.630. The van der Waals surface area contributed by atoms with Gasteiger partial charge in [-0.15, -0.1) is 0 Å². The molecule has 0 aliphatic carbocycles. The summed E-state index contributed by atoms with van der Waals surface area (Å²) in [6, 6.07) is 7.44. The normalized spacial score (nSPS) is 12.4. The summed E-state index contributed by atoms with van der Waals surface area (Å²) < 4.78 is 0. The van der Waals surface area contributed by atoms with Crippen LogP contribution in [0.25, 0.3) is 11.0 Å². The Bertz CT molecular complexity index is 1020. The van der Waals surface area contributed by atoms with Crippen LogP contribution in [0.2, 0.25) is 0 Å². The topological polar surface area (TPSA) is 136 Å². The summed E-state index contributed by atoms with van der Waals surface area (Å²) in [6.45, 7) is 4.15. The number of benzene rings is 1. The predicted molar refractivity (Wildman–Crippen MR) is 100 cm³/mol. The number of aromatic amines is 3. The maximum atomic E-state index is 12.4. The van der Waals surface area contributed by atoms with Gasteiger partial charge >= 0.3 is 5.69 Å². The minimum Gasteiger partial charge on any atom is -0.346 e. The molecule has 1 amide bonds. The number of carbonyl (C=O) groups is 1. The Kier molecular flexibility index (Phi) is 5.49. The number of aromatic nitrogens is 5. The first-order valence-corrected chi connectivity index (χ1v) is 8.84. The van der Waals surface area contributed by atoms with Crippen LogP contribution in [-0.4, -0.2) is 31.1 Å². The molecule has 1 aromatic carbocycles. The third kappa shape index (κ3) is 4.69. The van der Waals surface area contributed by atoms with Crippen molar-refractivity contribution in [1.82, 2.24) is 30.5 Å². The van der Waals surface area contributed by atoms with Crippen LogP contribution >= 0.6 is 0 Å². The lowest BCUT2D eigenvalue weighted by Gasteiger charge is -2.18. The lowest BCUT2D eigenvalue weighted by Crippen LogP contribution is -2.32. The van der Waals surface area contributed by atoms with Gasteiger partial charge in [-0.25, -0.2) is 14.9 Å². The standard InChI is InChI=1S/C18H22N6O3/c1-10(2)9-14(16-20-11-5-3-4-6-12(11)21-16)19-15(25)8-7-13-17(26)22-18(27)24-23-13/h3-6,10,14H,7-9H2,1-2H3,(H,19,25)(H,20,21)(H2,22,24,26,27). The number of aryl methyl sites for hydroxylation is 1. The number of imidazole rings is 1. The molecule has 9 heteroatoms. The van der Waals surface area contributed by atoms with E-state index in [0.29, 0.717) is 11.7 Å². The zero-order valence-electron chi connectivity index (χ0n) is 15.2. The van der Waals surface area contributed by atoms with Gasteiger partial charge in [-0.3, -0.25) is 14.6 Å². The molecule has 0 radical (unpaired) electrons. The number of amides is 1. The Morgan fingerprint density at radius 1 is 1.19 bits per heavy atom. The minimum atomic E-state index is -0.671. The number of nitrogens with one attached hydrogen (secondary N) is 4. The lowest BCUT2D eigenvalue weighted by atomic mass is 10.0. The van der Waals surface area contributed by atoms with E-state index < -0.39 is 11.2 Å². The first-order valence-electron chi connectivity index (χ1n) is 8.84. The fourth-order valence-corrected chi connectivity index (χ4v) is 2.89. The molecule has 27 heavy (non-hydrogen) atoms. The van der Waals surface area contributed by atoms with E-state index in [-0.39, 0.29) is 30.5 Å². The fourth-order valence-electron chi connectivity index (χ4n) is 2.89. The van der Waals surface area contributed by atoms with Gasteiger partial charge in [0, 0.05) is 12.8 Å². The minimum absolute atomic E-state index is 0.0803. The molecule has 2 heterocycles. The van der Waals surface area contributed by atoms with E-state index >= 15 is 0 Å². The summed E-state index contributed by atoms with van der Waals surface area (Å²) in [5.74, 6) is 0.846. The molecule has 3 aromatic rings. The number of hydrogen-bond donors (Lipinski definition) is 4. The lowest BCUT2D eigenvalue weighted by molar-refractivity contribution is -0.122. The van der Waals surface area contributed by atoms with Gasteiger partial charge in [-0.05, 0) is 24.5 Å². The molecule has 142 valence electrons. The molecule has 3 rings (SSSR count). The number of carbonyl (C=O) groups excluding carboxylic acids is 1. The fraction of sp³-hybridized carbons (Fsp3) is 0.389. The van der Waals surface area contributed by atoms with Crippen molar-refractivity contribution in [1.29, 1.82) is 0 Å². The number of para-hydroxylation sites is 2. The molecule has 0 aliphatic rings. The average Bonchev–Trinajstić information content (AvgIpc) is 3.04. The highest BCUT2D eigenvalue weighted by molar-refractivity contribution is 5.77. The third-order valence-corrected chi connectivity index (χ3v) is 4.15. The van der Waals surface area contributed by atoms with E-state index in [1.807, 2.05) is 24.3 Å². The molecule has 0 spiro atoms. The van der Waals surface area contributed by atoms with Crippen molar-refractivity contribution in [2.45, 2.75) is 39.2 Å². The van der Waals surface area contributed by atoms with Crippen LogP contribution in [0, 0.1) is 5.92 Å². The van der Waals surface area contributed by atoms with Crippen LogP contribution in [-0.2, 0) is 11.2 Å². The predicted octanol–water partition coefficient (Wildman–Crippen LogP) is 1.17. The van der Waals surface area contributed by atoms with E-state index in [1.165, 1.54) is 0 Å². The average molecular weight is 370 g/mol. The second-order valence-electron chi connectivity index (χ2n) is 6.84. The molecule has 2 aromatic heterocycles. The molecule has 1 unspecified atom stereocenters. The maximum absolute atomic E-state index is 12.4. The van der Waals surface area contributed by atoms with Crippen LogP contribution in [0.3, 0.4) is 0 Å². The molecule has 0 saturated carbocycles. The van der Waals surface area contributed by atoms with Crippen molar-refractivity contribution in [3.63, 3.8) is 0 Å². The molecule has 1 atom stereocenters. The maximum Gasteiger partial charge on any atom is 0.342 e. The Balaban J connectivity index is 1.70. The Morgan fingerprint density at radius 2 is 1.96 bits per heavy atom. The van der Waals surface area contributed by atoms with E-state index in [4.69, 9.17) is 0 Å². The zero-order valence-corrected chi connectivity index (χ0v) is 15.2. The summed E-state index contributed by atoms with van der Waals surface area (Å²) in [4.78, 5) is 45.0. The summed E-state index contributed by atoms with van der Waals surface area (Å²) in [7, 11) is 0. The van der Waals surface area contributed by atoms with Crippen molar-refractivity contribution < 1.29 is 4.79 Å². The molecular formula is C18H22N6O3. The van der Waals surface area contributed by atoms with Crippen LogP contribution < -0.4 is 16.6 Å². The second kappa shape index (κ2) is 7.98. The first kappa shape index (κ1) is 18.6. The number of H-pyrrole nitrogens is 3. The van der Waals surface area contributed by atoms with Gasteiger partial charge in [-0.1, -0.05) is 26.0 Å². The van der Waals surface area contributed by atoms with Gasteiger partial charge in [0.05, 0.1) is 17.1 Å². The SMILES string of the molecule is CC(C)CC(NC(=O)CCc1n[nH]c(=O)[nH]c1=O)c1nc2ccccc2[nH]1. The van der Waals surface area contributed by atoms with Gasteiger partial charge in [0.25, 0.3) is 5.56 Å². The number of hydrogen-bond acceptors (Lipinski definition) is 5. The van der Waals surface area contributed by atoms with Crippen molar-refractivity contribution in [2.24, 2.45) is 5.92 Å². The summed E-state index contributed by atoms with van der Waals surface area (Å²) >= 11 is 0. The highest BCUT2D eigenvalue weighted by Gasteiger charge is 2.20. The second-order valence-corrected chi connectivity index (χ2v) is 6.84. The van der Waals surface area contributed by atoms with Gasteiger partial charge < -0.3 is 10.3 Å². The smallest absolute Gasteiger partial charge is 0.342 e. The first-order chi connectivity index (χ1) is 12.9. The van der Waals surface area contributed by atoms with Gasteiger partial charge in [-0.2, -0.15) is 5.10 Å². The van der Waals surface area contributed by atoms with Crippen LogP contribution in [0.4, 0.5) is 0 Å². The van der Waals surface area contributed by atoms with Crippen LogP contribution in [0.15, 0.2) is 33.9 Å². The monoisotopic (exact) mass is 370 g/mol. The van der Waals surface area contributed by atoms with E-state index in [9.17, 15) is 14.4 Å². The van der Waals surface area contributed by atoms with Crippen molar-refractivity contribution in [3.8, 4) is 0 Å². The van der Waals surface area contributed by atoms with Gasteiger partial charge in [0.2, 0.25) is 5.91 Å². The van der Waals surface area contributed by atoms with E-state index in [2.05, 4.69) is 44.3 Å². The van der Waals surface area contributed by atoms with Gasteiger partial charge in [0.1, 0.15) is 11.5 Å². The molecule has 9 nitrogen and oxygen atoms in total. The Hall–Kier alpha value is -3.23. The third-order valence-electron chi connectivity index (χ3n) is 4.15. The molecule has 4 N–H and O–H groups in total. The highest BCUT2D eigenvalue weighted by Crippen LogP contribution is 2.22. The molecule has 0 aliphatic heterocycles. The molecule has 0 fully saturated rings. The van der Waals surface area contributed by atoms with Crippen LogP contribution in [0.5, 0.6) is 0 Å². The summed E-state index contributed by atoms with van der Waals surface area (Å²) in [6.07, 6.45) is 0.937. The van der Waals surface area contributed by atoms with Crippen molar-refractivity contribution in [2.75, 3.05) is 0 Å². The van der Waals surface area contributed by atoms with Crippen molar-refractivity contribution in [3.05, 3.63) is 56.6 Å².